The number of halogens is 2. The van der Waals surface area contributed by atoms with Crippen LogP contribution in [-0.4, -0.2) is 19.9 Å². The summed E-state index contributed by atoms with van der Waals surface area (Å²) in [6.45, 7) is 2.70. The monoisotopic (exact) mass is 267 g/mol. The molecule has 0 aliphatic heterocycles. The molecule has 2 rings (SSSR count). The van der Waals surface area contributed by atoms with Crippen LogP contribution in [0.1, 0.15) is 30.8 Å². The lowest BCUT2D eigenvalue weighted by molar-refractivity contribution is 0.173. The predicted octanol–water partition coefficient (Wildman–Crippen LogP) is 2.24. The molecule has 0 bridgehead atoms. The number of nitrogens with zero attached hydrogens (tertiary/aromatic N) is 3. The third-order valence-corrected chi connectivity index (χ3v) is 2.78. The molecular formula is C13H15F2N3O. The minimum Gasteiger partial charge on any atom is -0.388 e. The van der Waals surface area contributed by atoms with E-state index in [0.717, 1.165) is 24.6 Å². The first-order valence-electron chi connectivity index (χ1n) is 6.11. The van der Waals surface area contributed by atoms with Gasteiger partial charge in [0.2, 0.25) is 0 Å². The summed E-state index contributed by atoms with van der Waals surface area (Å²) in [7, 11) is 0. The largest absolute Gasteiger partial charge is 0.388 e. The van der Waals surface area contributed by atoms with Gasteiger partial charge in [-0.15, -0.1) is 0 Å². The average Bonchev–Trinajstić information content (AvgIpc) is 2.76. The van der Waals surface area contributed by atoms with Crippen LogP contribution in [0.4, 0.5) is 8.78 Å². The van der Waals surface area contributed by atoms with Crippen LogP contribution in [0.2, 0.25) is 0 Å². The Hall–Kier alpha value is -1.82. The van der Waals surface area contributed by atoms with Gasteiger partial charge in [-0.1, -0.05) is 6.92 Å². The fourth-order valence-electron chi connectivity index (χ4n) is 1.90. The molecule has 4 nitrogen and oxygen atoms in total. The van der Waals surface area contributed by atoms with Crippen molar-refractivity contribution in [3.8, 4) is 0 Å². The van der Waals surface area contributed by atoms with Crippen LogP contribution in [0.25, 0.3) is 0 Å². The molecule has 0 radical (unpaired) electrons. The fourth-order valence-corrected chi connectivity index (χ4v) is 1.90. The van der Waals surface area contributed by atoms with Crippen LogP contribution in [-0.2, 0) is 13.0 Å². The van der Waals surface area contributed by atoms with Crippen molar-refractivity contribution in [2.75, 3.05) is 0 Å². The Morgan fingerprint density at radius 3 is 2.58 bits per heavy atom. The molecule has 19 heavy (non-hydrogen) atoms. The van der Waals surface area contributed by atoms with Crippen molar-refractivity contribution in [1.29, 1.82) is 0 Å². The van der Waals surface area contributed by atoms with E-state index in [1.165, 1.54) is 6.33 Å². The Bertz CT molecular complexity index is 536. The SMILES string of the molecule is CCCn1ncnc1CC(O)c1cc(F)cc(F)c1. The molecule has 2 aromatic rings. The number of hydrogen-bond acceptors (Lipinski definition) is 3. The lowest BCUT2D eigenvalue weighted by atomic mass is 10.1. The first-order valence-corrected chi connectivity index (χ1v) is 6.11. The maximum absolute atomic E-state index is 13.1. The Balaban J connectivity index is 2.15. The molecule has 0 saturated heterocycles. The third-order valence-electron chi connectivity index (χ3n) is 2.78. The number of rotatable bonds is 5. The van der Waals surface area contributed by atoms with Gasteiger partial charge in [0.15, 0.2) is 0 Å². The average molecular weight is 267 g/mol. The van der Waals surface area contributed by atoms with E-state index in [9.17, 15) is 13.9 Å². The van der Waals surface area contributed by atoms with E-state index in [1.807, 2.05) is 6.92 Å². The van der Waals surface area contributed by atoms with Gasteiger partial charge in [-0.25, -0.2) is 13.8 Å². The van der Waals surface area contributed by atoms with Gasteiger partial charge >= 0.3 is 0 Å². The molecule has 1 aromatic carbocycles. The Morgan fingerprint density at radius 2 is 1.95 bits per heavy atom. The predicted molar refractivity (Wildman–Crippen MR) is 65.3 cm³/mol. The van der Waals surface area contributed by atoms with E-state index < -0.39 is 17.7 Å². The third kappa shape index (κ3) is 3.35. The number of aliphatic hydroxyl groups is 1. The van der Waals surface area contributed by atoms with Gasteiger partial charge in [-0.3, -0.25) is 4.68 Å². The molecule has 1 heterocycles. The van der Waals surface area contributed by atoms with E-state index in [-0.39, 0.29) is 12.0 Å². The van der Waals surface area contributed by atoms with E-state index in [2.05, 4.69) is 10.1 Å². The molecule has 0 aliphatic carbocycles. The number of hydrogen-bond donors (Lipinski definition) is 1. The van der Waals surface area contributed by atoms with Crippen molar-refractivity contribution in [2.24, 2.45) is 0 Å². The van der Waals surface area contributed by atoms with Gasteiger partial charge < -0.3 is 5.11 Å². The Labute approximate surface area is 109 Å². The summed E-state index contributed by atoms with van der Waals surface area (Å²) in [5.74, 6) is -0.813. The van der Waals surface area contributed by atoms with Crippen molar-refractivity contribution in [1.82, 2.24) is 14.8 Å². The maximum atomic E-state index is 13.1. The summed E-state index contributed by atoms with van der Waals surface area (Å²) in [5, 5.41) is 14.1. The molecule has 0 aliphatic rings. The van der Waals surface area contributed by atoms with Crippen molar-refractivity contribution in [3.63, 3.8) is 0 Å². The van der Waals surface area contributed by atoms with Crippen LogP contribution in [0.5, 0.6) is 0 Å². The zero-order valence-electron chi connectivity index (χ0n) is 10.6. The van der Waals surface area contributed by atoms with Crippen molar-refractivity contribution in [2.45, 2.75) is 32.4 Å². The van der Waals surface area contributed by atoms with E-state index >= 15 is 0 Å². The summed E-state index contributed by atoms with van der Waals surface area (Å²) >= 11 is 0. The fraction of sp³-hybridized carbons (Fsp3) is 0.385. The van der Waals surface area contributed by atoms with Gasteiger partial charge in [-0.2, -0.15) is 5.10 Å². The summed E-state index contributed by atoms with van der Waals surface area (Å²) < 4.78 is 27.8. The van der Waals surface area contributed by atoms with Gasteiger partial charge in [0, 0.05) is 19.0 Å². The van der Waals surface area contributed by atoms with E-state index in [4.69, 9.17) is 0 Å². The molecule has 0 saturated carbocycles. The molecule has 102 valence electrons. The quantitative estimate of drug-likeness (QED) is 0.904. The minimum atomic E-state index is -1.01. The standard InChI is InChI=1S/C13H15F2N3O/c1-2-3-18-13(16-8-17-18)7-12(19)9-4-10(14)6-11(15)5-9/h4-6,8,12,19H,2-3,7H2,1H3. The summed E-state index contributed by atoms with van der Waals surface area (Å²) in [5.41, 5.74) is 0.198. The second-order valence-corrected chi connectivity index (χ2v) is 4.32. The highest BCUT2D eigenvalue weighted by atomic mass is 19.1. The van der Waals surface area contributed by atoms with Crippen molar-refractivity contribution < 1.29 is 13.9 Å². The zero-order valence-corrected chi connectivity index (χ0v) is 10.6. The first-order chi connectivity index (χ1) is 9.10. The van der Waals surface area contributed by atoms with Crippen molar-refractivity contribution >= 4 is 0 Å². The molecule has 1 aromatic heterocycles. The second kappa shape index (κ2) is 5.88. The minimum absolute atomic E-state index is 0.170. The van der Waals surface area contributed by atoms with Crippen LogP contribution >= 0.6 is 0 Å². The first kappa shape index (κ1) is 13.6. The molecule has 1 atom stereocenters. The molecular weight excluding hydrogens is 252 g/mol. The Kier molecular flexibility index (Phi) is 4.21. The normalized spacial score (nSPS) is 12.6. The van der Waals surface area contributed by atoms with Gasteiger partial charge in [0.05, 0.1) is 6.10 Å². The maximum Gasteiger partial charge on any atom is 0.138 e. The smallest absolute Gasteiger partial charge is 0.138 e. The number of aliphatic hydroxyl groups excluding tert-OH is 1. The highest BCUT2D eigenvalue weighted by Crippen LogP contribution is 2.19. The molecule has 0 fully saturated rings. The lowest BCUT2D eigenvalue weighted by Crippen LogP contribution is -2.10. The van der Waals surface area contributed by atoms with Gasteiger partial charge in [0.1, 0.15) is 23.8 Å². The lowest BCUT2D eigenvalue weighted by Gasteiger charge is -2.11. The number of benzene rings is 1. The summed E-state index contributed by atoms with van der Waals surface area (Å²) in [6.07, 6.45) is 1.46. The van der Waals surface area contributed by atoms with Crippen LogP contribution < -0.4 is 0 Å². The second-order valence-electron chi connectivity index (χ2n) is 4.32. The highest BCUT2D eigenvalue weighted by Gasteiger charge is 2.14. The highest BCUT2D eigenvalue weighted by molar-refractivity contribution is 5.21. The topological polar surface area (TPSA) is 50.9 Å². The van der Waals surface area contributed by atoms with Crippen LogP contribution in [0.3, 0.4) is 0 Å². The van der Waals surface area contributed by atoms with Crippen molar-refractivity contribution in [3.05, 3.63) is 47.5 Å². The molecule has 0 amide bonds. The van der Waals surface area contributed by atoms with E-state index in [0.29, 0.717) is 12.4 Å². The molecule has 1 N–H and O–H groups in total. The van der Waals surface area contributed by atoms with Crippen LogP contribution in [0, 0.1) is 11.6 Å². The number of aryl methyl sites for hydroxylation is 1. The van der Waals surface area contributed by atoms with Gasteiger partial charge in [-0.05, 0) is 24.1 Å². The number of aromatic nitrogens is 3. The molecule has 0 spiro atoms. The summed E-state index contributed by atoms with van der Waals surface area (Å²) in [4.78, 5) is 4.05. The van der Waals surface area contributed by atoms with Crippen LogP contribution in [0.15, 0.2) is 24.5 Å². The van der Waals surface area contributed by atoms with E-state index in [1.54, 1.807) is 4.68 Å². The molecule has 1 unspecified atom stereocenters. The zero-order chi connectivity index (χ0) is 13.8. The molecule has 6 heteroatoms. The Morgan fingerprint density at radius 1 is 1.26 bits per heavy atom. The summed E-state index contributed by atoms with van der Waals surface area (Å²) in [6, 6.07) is 3.01. The van der Waals surface area contributed by atoms with Gasteiger partial charge in [0.25, 0.3) is 0 Å².